The van der Waals surface area contributed by atoms with Gasteiger partial charge in [-0.2, -0.15) is 0 Å². The van der Waals surface area contributed by atoms with Gasteiger partial charge in [0.1, 0.15) is 5.76 Å². The fourth-order valence-electron chi connectivity index (χ4n) is 6.35. The molecule has 3 aromatic heterocycles. The van der Waals surface area contributed by atoms with E-state index in [1.54, 1.807) is 0 Å². The van der Waals surface area contributed by atoms with Gasteiger partial charge in [0.15, 0.2) is 5.78 Å². The van der Waals surface area contributed by atoms with Gasteiger partial charge >= 0.3 is 179 Å². The maximum atomic E-state index is 12.2. The van der Waals surface area contributed by atoms with Crippen molar-refractivity contribution in [1.29, 1.82) is 0 Å². The van der Waals surface area contributed by atoms with E-state index in [4.69, 9.17) is 4.98 Å². The van der Waals surface area contributed by atoms with Gasteiger partial charge in [-0.15, -0.1) is 0 Å². The van der Waals surface area contributed by atoms with Gasteiger partial charge in [-0.3, -0.25) is 4.79 Å². The molecule has 0 aliphatic carbocycles. The zero-order valence-electron chi connectivity index (χ0n) is 28.6. The quantitative estimate of drug-likeness (QED) is 0.0716. The summed E-state index contributed by atoms with van der Waals surface area (Å²) < 4.78 is 5.16. The van der Waals surface area contributed by atoms with E-state index < -0.39 is 0 Å². The molecule has 0 fully saturated rings. The molecule has 0 saturated heterocycles. The summed E-state index contributed by atoms with van der Waals surface area (Å²) >= 11 is 0.158. The van der Waals surface area contributed by atoms with Crippen molar-refractivity contribution in [3.8, 4) is 5.69 Å². The minimum absolute atomic E-state index is 0. The van der Waals surface area contributed by atoms with Crippen molar-refractivity contribution in [2.75, 3.05) is 0 Å². The number of allylic oxidation sites excluding steroid dienone is 2. The number of aliphatic hydroxyl groups excluding tert-OH is 1. The number of para-hydroxylation sites is 1. The van der Waals surface area contributed by atoms with E-state index in [9.17, 15) is 9.90 Å². The number of nitrogens with zero attached hydrogens (tertiary/aromatic N) is 2. The van der Waals surface area contributed by atoms with Crippen molar-refractivity contribution in [2.45, 2.75) is 67.2 Å². The van der Waals surface area contributed by atoms with Crippen molar-refractivity contribution < 1.29 is 30.0 Å². The van der Waals surface area contributed by atoms with Crippen LogP contribution in [0.2, 0.25) is 0 Å². The Morgan fingerprint density at radius 2 is 1.48 bits per heavy atom. The number of ketones is 1. The summed E-state index contributed by atoms with van der Waals surface area (Å²) in [5.41, 5.74) is 4.15. The molecular weight excluding hydrogens is 836 g/mol. The molecule has 0 atom stereocenters. The molecule has 0 amide bonds. The van der Waals surface area contributed by atoms with Crippen LogP contribution in [0.1, 0.15) is 67.2 Å². The molecule has 0 unspecified atom stereocenters. The Morgan fingerprint density at radius 1 is 0.833 bits per heavy atom. The average molecular weight is 879 g/mol. The van der Waals surface area contributed by atoms with E-state index in [-0.39, 0.29) is 57.0 Å². The van der Waals surface area contributed by atoms with Gasteiger partial charge in [0, 0.05) is 37.0 Å². The van der Waals surface area contributed by atoms with Gasteiger partial charge in [0.2, 0.25) is 0 Å². The van der Waals surface area contributed by atoms with Gasteiger partial charge in [-0.25, -0.2) is 0 Å². The summed E-state index contributed by atoms with van der Waals surface area (Å²) in [4.78, 5) is 17.1. The zero-order chi connectivity index (χ0) is 33.3. The minimum atomic E-state index is -0.337. The molecule has 1 N–H and O–H groups in total. The summed E-state index contributed by atoms with van der Waals surface area (Å²) in [6.07, 6.45) is 6.77. The van der Waals surface area contributed by atoms with Crippen molar-refractivity contribution in [3.63, 3.8) is 0 Å². The van der Waals surface area contributed by atoms with Crippen LogP contribution in [-0.4, -0.2) is 34.9 Å². The third-order valence-electron chi connectivity index (χ3n) is 10.5. The van der Waals surface area contributed by atoms with Gasteiger partial charge < -0.3 is 5.11 Å². The number of aliphatic hydroxyl groups is 1. The standard InChI is InChI=1S/C27H15N2Se.C15H28O2.Ir/c1-2-9-18(10-3-1)29-21-13-6-12-20-24(21)25-22(29)14-7-15-23(25)30-27-19-11-5-4-8-17(19)16-28-26(20)27;1-7-14(5,8-2)12(16)11-13(17)15(6,9-3)10-4;/h1-11,13-16H;11,16H,7-10H2,1-6H3;/q-1;;/b;12-11-;. The number of fused-ring (bicyclic) bond motifs is 4. The molecule has 0 spiro atoms. The van der Waals surface area contributed by atoms with E-state index in [0.29, 0.717) is 0 Å². The fraction of sp³-hybridized carbons (Fsp3) is 0.286. The van der Waals surface area contributed by atoms with Crippen LogP contribution in [0.5, 0.6) is 0 Å². The molecule has 3 heterocycles. The van der Waals surface area contributed by atoms with Gasteiger partial charge in [0.25, 0.3) is 0 Å². The molecule has 1 radical (unpaired) electrons. The first-order valence-electron chi connectivity index (χ1n) is 16.7. The van der Waals surface area contributed by atoms with Gasteiger partial charge in [-0.05, 0) is 25.7 Å². The van der Waals surface area contributed by atoms with Gasteiger partial charge in [0.05, 0.1) is 0 Å². The number of carbonyl (C=O) groups excluding carboxylic acids is 1. The first-order chi connectivity index (χ1) is 22.7. The summed E-state index contributed by atoms with van der Waals surface area (Å²) in [7, 11) is 0. The predicted octanol–water partition coefficient (Wildman–Crippen LogP) is 11.1. The summed E-state index contributed by atoms with van der Waals surface area (Å²) in [6.45, 7) is 12.1. The second-order valence-corrected chi connectivity index (χ2v) is 15.2. The first-order valence-corrected chi connectivity index (χ1v) is 18.5. The predicted molar refractivity (Wildman–Crippen MR) is 200 cm³/mol. The summed E-state index contributed by atoms with van der Waals surface area (Å²) in [6, 6.07) is 33.8. The SMILES string of the molecule is CCC(C)(CC)C(=O)/C=C(\O)C(C)(CC)CC.[Ir].[c-]1ccc2c3c1c1ncc4ccccc4c1[se]c1cccc(c13)n2-c1ccccc1. The molecule has 7 rings (SSSR count). The monoisotopic (exact) mass is 880 g/mol. The van der Waals surface area contributed by atoms with Crippen LogP contribution in [-0.2, 0) is 24.9 Å². The molecule has 4 nitrogen and oxygen atoms in total. The Bertz CT molecular complexity index is 2260. The van der Waals surface area contributed by atoms with Crippen LogP contribution in [0.25, 0.3) is 57.7 Å². The molecule has 0 aliphatic heterocycles. The van der Waals surface area contributed by atoms with E-state index in [1.165, 1.54) is 52.9 Å². The van der Waals surface area contributed by atoms with Crippen LogP contribution in [0.3, 0.4) is 0 Å². The third kappa shape index (κ3) is 6.21. The molecular formula is C42H43IrN2O2Se-. The van der Waals surface area contributed by atoms with Crippen LogP contribution >= 0.6 is 0 Å². The van der Waals surface area contributed by atoms with E-state index in [1.807, 2.05) is 47.7 Å². The number of benzene rings is 4. The topological polar surface area (TPSA) is 55.1 Å². The number of aromatic nitrogens is 2. The maximum absolute atomic E-state index is 12.2. The number of pyridine rings is 1. The Kier molecular flexibility index (Phi) is 10.8. The molecule has 0 aliphatic rings. The Balaban J connectivity index is 0.000000218. The van der Waals surface area contributed by atoms with E-state index in [2.05, 4.69) is 95.6 Å². The van der Waals surface area contributed by atoms with Gasteiger partial charge in [-0.1, -0.05) is 41.5 Å². The number of rotatable bonds is 8. The summed E-state index contributed by atoms with van der Waals surface area (Å²) in [5, 5.41) is 16.4. The summed E-state index contributed by atoms with van der Waals surface area (Å²) in [5.74, 6) is 0.286. The van der Waals surface area contributed by atoms with Crippen LogP contribution < -0.4 is 0 Å². The molecule has 4 aromatic carbocycles. The fourth-order valence-corrected chi connectivity index (χ4v) is 8.92. The Labute approximate surface area is 303 Å². The van der Waals surface area contributed by atoms with E-state index >= 15 is 0 Å². The number of hydrogen-bond acceptors (Lipinski definition) is 3. The number of carbonyl (C=O) groups is 1. The van der Waals surface area contributed by atoms with Crippen molar-refractivity contribution in [1.82, 2.24) is 9.55 Å². The second kappa shape index (κ2) is 14.5. The number of hydrogen-bond donors (Lipinski definition) is 1. The van der Waals surface area contributed by atoms with Crippen molar-refractivity contribution >= 4 is 72.3 Å². The van der Waals surface area contributed by atoms with Crippen LogP contribution in [0.15, 0.2) is 103 Å². The molecule has 0 bridgehead atoms. The van der Waals surface area contributed by atoms with E-state index in [0.717, 1.165) is 36.6 Å². The normalized spacial score (nSPS) is 12.4. The van der Waals surface area contributed by atoms with Crippen molar-refractivity contribution in [2.24, 2.45) is 10.8 Å². The molecule has 249 valence electrons. The Morgan fingerprint density at radius 3 is 2.17 bits per heavy atom. The van der Waals surface area contributed by atoms with Crippen LogP contribution in [0.4, 0.5) is 0 Å². The van der Waals surface area contributed by atoms with Crippen LogP contribution in [0, 0.1) is 16.9 Å². The molecule has 6 heteroatoms. The first kappa shape index (κ1) is 35.8. The zero-order valence-corrected chi connectivity index (χ0v) is 32.7. The second-order valence-electron chi connectivity index (χ2n) is 13.0. The molecule has 7 aromatic rings. The molecule has 0 saturated carbocycles. The average Bonchev–Trinajstić information content (AvgIpc) is 3.38. The Hall–Kier alpha value is -3.53. The molecule has 48 heavy (non-hydrogen) atoms. The van der Waals surface area contributed by atoms with Crippen molar-refractivity contribution in [3.05, 3.63) is 109 Å². The third-order valence-corrected chi connectivity index (χ3v) is 13.0.